The van der Waals surface area contributed by atoms with E-state index in [1.54, 1.807) is 0 Å². The first kappa shape index (κ1) is 13.4. The van der Waals surface area contributed by atoms with Gasteiger partial charge in [-0.2, -0.15) is 0 Å². The van der Waals surface area contributed by atoms with E-state index in [-0.39, 0.29) is 6.10 Å². The Morgan fingerprint density at radius 3 is 2.53 bits per heavy atom. The summed E-state index contributed by atoms with van der Waals surface area (Å²) in [6.07, 6.45) is 11.8. The molecule has 1 aliphatic heterocycles. The van der Waals surface area contributed by atoms with Crippen LogP contribution in [0, 0.1) is 5.92 Å². The van der Waals surface area contributed by atoms with E-state index in [9.17, 15) is 5.11 Å². The predicted octanol–water partition coefficient (Wildman–Crippen LogP) is 3.19. The number of likely N-dealkylation sites (tertiary alicyclic amines) is 1. The summed E-state index contributed by atoms with van der Waals surface area (Å²) in [5.74, 6) is 0.812. The van der Waals surface area contributed by atoms with Gasteiger partial charge in [0.15, 0.2) is 0 Å². The van der Waals surface area contributed by atoms with Crippen molar-refractivity contribution in [1.82, 2.24) is 4.90 Å². The van der Waals surface area contributed by atoms with E-state index in [0.29, 0.717) is 6.04 Å². The molecule has 2 heteroatoms. The Hall–Kier alpha value is -0.0800. The highest BCUT2D eigenvalue weighted by Crippen LogP contribution is 2.29. The molecule has 0 amide bonds. The molecule has 1 saturated heterocycles. The molecule has 17 heavy (non-hydrogen) atoms. The molecule has 0 spiro atoms. The highest BCUT2D eigenvalue weighted by atomic mass is 16.3. The smallest absolute Gasteiger partial charge is 0.0669 e. The SMILES string of the molecule is CC1CCCCCN1CC(O)CC1CCCC1. The van der Waals surface area contributed by atoms with Gasteiger partial charge >= 0.3 is 0 Å². The number of aliphatic hydroxyl groups is 1. The van der Waals surface area contributed by atoms with Crippen LogP contribution in [0.4, 0.5) is 0 Å². The topological polar surface area (TPSA) is 23.5 Å². The molecule has 1 N–H and O–H groups in total. The van der Waals surface area contributed by atoms with Crippen molar-refractivity contribution >= 4 is 0 Å². The second-order valence-electron chi connectivity index (χ2n) is 6.23. The van der Waals surface area contributed by atoms with Gasteiger partial charge in [-0.1, -0.05) is 38.5 Å². The van der Waals surface area contributed by atoms with Crippen molar-refractivity contribution in [3.05, 3.63) is 0 Å². The minimum absolute atomic E-state index is 0.0846. The zero-order valence-corrected chi connectivity index (χ0v) is 11.4. The Kier molecular flexibility index (Phi) is 5.30. The third-order valence-electron chi connectivity index (χ3n) is 4.72. The van der Waals surface area contributed by atoms with Gasteiger partial charge in [-0.15, -0.1) is 0 Å². The molecule has 0 aromatic heterocycles. The molecule has 2 fully saturated rings. The summed E-state index contributed by atoms with van der Waals surface area (Å²) in [7, 11) is 0. The summed E-state index contributed by atoms with van der Waals surface area (Å²) in [6.45, 7) is 4.44. The number of hydrogen-bond acceptors (Lipinski definition) is 2. The van der Waals surface area contributed by atoms with Gasteiger partial charge in [-0.25, -0.2) is 0 Å². The zero-order chi connectivity index (χ0) is 12.1. The van der Waals surface area contributed by atoms with E-state index in [4.69, 9.17) is 0 Å². The lowest BCUT2D eigenvalue weighted by molar-refractivity contribution is 0.0751. The number of nitrogens with zero attached hydrogens (tertiary/aromatic N) is 1. The van der Waals surface area contributed by atoms with Crippen LogP contribution in [-0.4, -0.2) is 35.2 Å². The fourth-order valence-corrected chi connectivity index (χ4v) is 3.58. The van der Waals surface area contributed by atoms with Crippen molar-refractivity contribution in [2.45, 2.75) is 76.9 Å². The maximum Gasteiger partial charge on any atom is 0.0669 e. The van der Waals surface area contributed by atoms with Crippen molar-refractivity contribution in [3.8, 4) is 0 Å². The van der Waals surface area contributed by atoms with Crippen LogP contribution in [0.25, 0.3) is 0 Å². The van der Waals surface area contributed by atoms with Gasteiger partial charge in [0.25, 0.3) is 0 Å². The van der Waals surface area contributed by atoms with Crippen molar-refractivity contribution < 1.29 is 5.11 Å². The second-order valence-corrected chi connectivity index (χ2v) is 6.23. The van der Waals surface area contributed by atoms with Gasteiger partial charge in [0.2, 0.25) is 0 Å². The van der Waals surface area contributed by atoms with Gasteiger partial charge in [-0.3, -0.25) is 4.90 Å². The first-order chi connectivity index (χ1) is 8.25. The molecule has 0 radical (unpaired) electrons. The van der Waals surface area contributed by atoms with Crippen LogP contribution in [0.15, 0.2) is 0 Å². The van der Waals surface area contributed by atoms with Crippen molar-refractivity contribution in [2.24, 2.45) is 5.92 Å². The normalized spacial score (nSPS) is 30.4. The number of aliphatic hydroxyl groups excluding tert-OH is 1. The van der Waals surface area contributed by atoms with E-state index in [0.717, 1.165) is 18.9 Å². The van der Waals surface area contributed by atoms with Gasteiger partial charge in [-0.05, 0) is 38.6 Å². The average Bonchev–Trinajstić information content (AvgIpc) is 2.71. The molecule has 2 atom stereocenters. The number of rotatable bonds is 4. The first-order valence-electron chi connectivity index (χ1n) is 7.68. The minimum Gasteiger partial charge on any atom is -0.392 e. The van der Waals surface area contributed by atoms with E-state index in [1.165, 1.54) is 57.9 Å². The summed E-state index contributed by atoms with van der Waals surface area (Å²) in [5.41, 5.74) is 0. The Bertz CT molecular complexity index is 213. The molecule has 2 unspecified atom stereocenters. The molecular weight excluding hydrogens is 210 g/mol. The van der Waals surface area contributed by atoms with Crippen LogP contribution in [-0.2, 0) is 0 Å². The summed E-state index contributed by atoms with van der Waals surface area (Å²) >= 11 is 0. The Morgan fingerprint density at radius 2 is 1.76 bits per heavy atom. The molecule has 0 aromatic carbocycles. The highest BCUT2D eigenvalue weighted by molar-refractivity contribution is 4.77. The summed E-state index contributed by atoms with van der Waals surface area (Å²) < 4.78 is 0. The number of hydrogen-bond donors (Lipinski definition) is 1. The lowest BCUT2D eigenvalue weighted by Gasteiger charge is -2.29. The molecule has 0 bridgehead atoms. The molecule has 2 rings (SSSR count). The van der Waals surface area contributed by atoms with Crippen LogP contribution in [0.1, 0.15) is 64.7 Å². The van der Waals surface area contributed by atoms with Gasteiger partial charge < -0.3 is 5.11 Å². The van der Waals surface area contributed by atoms with Gasteiger partial charge in [0, 0.05) is 12.6 Å². The fourth-order valence-electron chi connectivity index (χ4n) is 3.58. The zero-order valence-electron chi connectivity index (χ0n) is 11.4. The van der Waals surface area contributed by atoms with Crippen LogP contribution >= 0.6 is 0 Å². The summed E-state index contributed by atoms with van der Waals surface area (Å²) in [5, 5.41) is 10.2. The number of β-amino-alcohol motifs (C(OH)–C–C–N with tert-alkyl or cyclic N) is 1. The molecule has 100 valence electrons. The predicted molar refractivity (Wildman–Crippen MR) is 72.1 cm³/mol. The quantitative estimate of drug-likeness (QED) is 0.814. The fraction of sp³-hybridized carbons (Fsp3) is 1.00. The Labute approximate surface area is 106 Å². The van der Waals surface area contributed by atoms with Crippen molar-refractivity contribution in [1.29, 1.82) is 0 Å². The van der Waals surface area contributed by atoms with Crippen LogP contribution in [0.5, 0.6) is 0 Å². The molecule has 1 heterocycles. The van der Waals surface area contributed by atoms with E-state index in [2.05, 4.69) is 11.8 Å². The maximum atomic E-state index is 10.2. The molecule has 1 saturated carbocycles. The lowest BCUT2D eigenvalue weighted by atomic mass is 9.99. The Morgan fingerprint density at radius 1 is 1.06 bits per heavy atom. The highest BCUT2D eigenvalue weighted by Gasteiger charge is 2.23. The summed E-state index contributed by atoms with van der Waals surface area (Å²) in [6, 6.07) is 0.677. The summed E-state index contributed by atoms with van der Waals surface area (Å²) in [4.78, 5) is 2.52. The van der Waals surface area contributed by atoms with E-state index in [1.807, 2.05) is 0 Å². The van der Waals surface area contributed by atoms with E-state index >= 15 is 0 Å². The second kappa shape index (κ2) is 6.75. The van der Waals surface area contributed by atoms with Crippen molar-refractivity contribution in [3.63, 3.8) is 0 Å². The van der Waals surface area contributed by atoms with Crippen LogP contribution in [0.2, 0.25) is 0 Å². The standard InChI is InChI=1S/C15H29NO/c1-13-7-3-2-6-10-16(13)12-15(17)11-14-8-4-5-9-14/h13-15,17H,2-12H2,1H3. The molecule has 2 aliphatic rings. The minimum atomic E-state index is -0.0846. The first-order valence-corrected chi connectivity index (χ1v) is 7.68. The molecule has 0 aromatic rings. The average molecular weight is 239 g/mol. The molecule has 1 aliphatic carbocycles. The van der Waals surface area contributed by atoms with Crippen LogP contribution in [0.3, 0.4) is 0 Å². The van der Waals surface area contributed by atoms with Crippen molar-refractivity contribution in [2.75, 3.05) is 13.1 Å². The van der Waals surface area contributed by atoms with Crippen LogP contribution < -0.4 is 0 Å². The van der Waals surface area contributed by atoms with Gasteiger partial charge in [0.05, 0.1) is 6.10 Å². The third-order valence-corrected chi connectivity index (χ3v) is 4.72. The lowest BCUT2D eigenvalue weighted by Crippen LogP contribution is -2.39. The molecule has 2 nitrogen and oxygen atoms in total. The largest absolute Gasteiger partial charge is 0.392 e. The maximum absolute atomic E-state index is 10.2. The van der Waals surface area contributed by atoms with E-state index < -0.39 is 0 Å². The van der Waals surface area contributed by atoms with Gasteiger partial charge in [0.1, 0.15) is 0 Å². The third kappa shape index (κ3) is 4.26. The monoisotopic (exact) mass is 239 g/mol. The molecular formula is C15H29NO. The Balaban J connectivity index is 1.73.